The number of aromatic carboxylic acids is 1. The van der Waals surface area contributed by atoms with E-state index in [0.29, 0.717) is 27.6 Å². The third-order valence-electron chi connectivity index (χ3n) is 3.00. The van der Waals surface area contributed by atoms with Gasteiger partial charge in [-0.05, 0) is 19.4 Å². The van der Waals surface area contributed by atoms with Gasteiger partial charge >= 0.3 is 5.97 Å². The van der Waals surface area contributed by atoms with Gasteiger partial charge in [0.25, 0.3) is 0 Å². The Kier molecular flexibility index (Phi) is 3.56. The van der Waals surface area contributed by atoms with Gasteiger partial charge in [-0.2, -0.15) is 0 Å². The first-order chi connectivity index (χ1) is 10.1. The third kappa shape index (κ3) is 2.59. The number of carboxylic acids is 1. The summed E-state index contributed by atoms with van der Waals surface area (Å²) in [6, 6.07) is 0. The molecule has 6 nitrogen and oxygen atoms in total. The van der Waals surface area contributed by atoms with E-state index in [1.165, 1.54) is 17.7 Å². The number of carboxylic acid groups (broad SMARTS) is 1. The molecule has 21 heavy (non-hydrogen) atoms. The Labute approximate surface area is 128 Å². The van der Waals surface area contributed by atoms with Crippen molar-refractivity contribution in [2.75, 3.05) is 5.32 Å². The zero-order valence-corrected chi connectivity index (χ0v) is 13.0. The first-order valence-electron chi connectivity index (χ1n) is 6.19. The summed E-state index contributed by atoms with van der Waals surface area (Å²) in [6.07, 6.45) is 3.27. The van der Waals surface area contributed by atoms with Gasteiger partial charge in [-0.1, -0.05) is 0 Å². The second-order valence-electron chi connectivity index (χ2n) is 4.48. The van der Waals surface area contributed by atoms with Crippen LogP contribution in [0.5, 0.6) is 0 Å². The van der Waals surface area contributed by atoms with Gasteiger partial charge in [-0.3, -0.25) is 0 Å². The summed E-state index contributed by atoms with van der Waals surface area (Å²) in [5.41, 5.74) is 0.695. The van der Waals surface area contributed by atoms with Crippen molar-refractivity contribution in [1.29, 1.82) is 0 Å². The molecule has 0 saturated heterocycles. The molecule has 3 aromatic rings. The molecule has 3 heterocycles. The maximum Gasteiger partial charge on any atom is 0.346 e. The Balaban J connectivity index is 1.96. The molecule has 0 unspecified atom stereocenters. The lowest BCUT2D eigenvalue weighted by molar-refractivity contribution is 0.0701. The van der Waals surface area contributed by atoms with Crippen LogP contribution < -0.4 is 5.32 Å². The van der Waals surface area contributed by atoms with Gasteiger partial charge < -0.3 is 10.4 Å². The normalized spacial score (nSPS) is 11.0. The summed E-state index contributed by atoms with van der Waals surface area (Å²) in [5, 5.41) is 14.2. The van der Waals surface area contributed by atoms with Gasteiger partial charge in [0.1, 0.15) is 26.9 Å². The number of fused-ring (bicyclic) bond motifs is 1. The molecular formula is C13H12N4O2S2. The van der Waals surface area contributed by atoms with Crippen LogP contribution >= 0.6 is 22.7 Å². The summed E-state index contributed by atoms with van der Waals surface area (Å²) in [5.74, 6) is -0.286. The third-order valence-corrected chi connectivity index (χ3v) is 5.10. The highest BCUT2D eigenvalue weighted by Crippen LogP contribution is 2.33. The topological polar surface area (TPSA) is 88.0 Å². The number of rotatable bonds is 4. The fourth-order valence-corrected chi connectivity index (χ4v) is 3.77. The predicted molar refractivity (Wildman–Crippen MR) is 83.3 cm³/mol. The van der Waals surface area contributed by atoms with Gasteiger partial charge in [0.05, 0.1) is 11.9 Å². The molecule has 108 valence electrons. The van der Waals surface area contributed by atoms with Crippen LogP contribution in [-0.4, -0.2) is 26.0 Å². The molecule has 0 aliphatic heterocycles. The van der Waals surface area contributed by atoms with Crippen molar-refractivity contribution in [3.05, 3.63) is 32.8 Å². The standard InChI is InChI=1S/C13H12N4O2S2/c1-6-3-14-8(20-6)4-15-11-9-7(2)10(13(18)19)21-12(9)17-5-16-11/h3,5H,4H2,1-2H3,(H,18,19)(H,15,16,17). The van der Waals surface area contributed by atoms with Crippen molar-refractivity contribution in [2.24, 2.45) is 0 Å². The molecule has 0 fully saturated rings. The molecule has 0 amide bonds. The molecular weight excluding hydrogens is 308 g/mol. The second kappa shape index (κ2) is 5.38. The molecule has 0 aliphatic carbocycles. The summed E-state index contributed by atoms with van der Waals surface area (Å²) < 4.78 is 0. The van der Waals surface area contributed by atoms with Gasteiger partial charge in [-0.15, -0.1) is 22.7 Å². The van der Waals surface area contributed by atoms with E-state index < -0.39 is 5.97 Å². The average molecular weight is 320 g/mol. The average Bonchev–Trinajstić information content (AvgIpc) is 3.01. The van der Waals surface area contributed by atoms with Gasteiger partial charge in [0, 0.05) is 11.1 Å². The highest BCUT2D eigenvalue weighted by Gasteiger charge is 2.18. The van der Waals surface area contributed by atoms with Crippen molar-refractivity contribution >= 4 is 44.7 Å². The Morgan fingerprint density at radius 1 is 1.29 bits per heavy atom. The van der Waals surface area contributed by atoms with Crippen LogP contribution in [0, 0.1) is 13.8 Å². The molecule has 0 aromatic carbocycles. The lowest BCUT2D eigenvalue weighted by Gasteiger charge is -2.05. The number of hydrogen-bond acceptors (Lipinski definition) is 7. The first-order valence-corrected chi connectivity index (χ1v) is 7.82. The minimum Gasteiger partial charge on any atom is -0.477 e. The van der Waals surface area contributed by atoms with E-state index in [-0.39, 0.29) is 0 Å². The van der Waals surface area contributed by atoms with E-state index in [1.807, 2.05) is 13.1 Å². The van der Waals surface area contributed by atoms with Crippen LogP contribution in [0.1, 0.15) is 25.1 Å². The van der Waals surface area contributed by atoms with Crippen LogP contribution in [0.3, 0.4) is 0 Å². The van der Waals surface area contributed by atoms with E-state index in [9.17, 15) is 9.90 Å². The molecule has 0 spiro atoms. The molecule has 0 radical (unpaired) electrons. The number of carbonyl (C=O) groups is 1. The largest absolute Gasteiger partial charge is 0.477 e. The number of anilines is 1. The molecule has 2 N–H and O–H groups in total. The zero-order valence-electron chi connectivity index (χ0n) is 11.4. The number of nitrogens with zero attached hydrogens (tertiary/aromatic N) is 3. The van der Waals surface area contributed by atoms with Gasteiger partial charge in [0.15, 0.2) is 0 Å². The first kappa shape index (κ1) is 13.9. The number of nitrogens with one attached hydrogen (secondary N) is 1. The smallest absolute Gasteiger partial charge is 0.346 e. The number of thiophene rings is 1. The van der Waals surface area contributed by atoms with E-state index in [0.717, 1.165) is 15.3 Å². The highest BCUT2D eigenvalue weighted by molar-refractivity contribution is 7.20. The van der Waals surface area contributed by atoms with Gasteiger partial charge in [0.2, 0.25) is 0 Å². The Morgan fingerprint density at radius 3 is 2.76 bits per heavy atom. The number of thiazole rings is 1. The Morgan fingerprint density at radius 2 is 2.10 bits per heavy atom. The zero-order chi connectivity index (χ0) is 15.0. The number of hydrogen-bond donors (Lipinski definition) is 2. The lowest BCUT2D eigenvalue weighted by Crippen LogP contribution is -2.02. The molecule has 3 aromatic heterocycles. The molecule has 0 aliphatic rings. The van der Waals surface area contributed by atoms with Crippen LogP contribution in [0.4, 0.5) is 5.82 Å². The Hall–Kier alpha value is -2.06. The van der Waals surface area contributed by atoms with E-state index in [2.05, 4.69) is 20.3 Å². The van der Waals surface area contributed by atoms with E-state index in [4.69, 9.17) is 0 Å². The van der Waals surface area contributed by atoms with Crippen molar-refractivity contribution in [3.8, 4) is 0 Å². The van der Waals surface area contributed by atoms with Crippen LogP contribution in [0.15, 0.2) is 12.5 Å². The second-order valence-corrected chi connectivity index (χ2v) is 6.80. The monoisotopic (exact) mass is 320 g/mol. The molecule has 8 heteroatoms. The van der Waals surface area contributed by atoms with Crippen molar-refractivity contribution < 1.29 is 9.90 Å². The van der Waals surface area contributed by atoms with Gasteiger partial charge in [-0.25, -0.2) is 19.7 Å². The maximum atomic E-state index is 11.2. The number of aromatic nitrogens is 3. The Bertz CT molecular complexity index is 825. The molecule has 0 saturated carbocycles. The number of aryl methyl sites for hydroxylation is 2. The van der Waals surface area contributed by atoms with E-state index in [1.54, 1.807) is 18.3 Å². The van der Waals surface area contributed by atoms with Crippen molar-refractivity contribution in [1.82, 2.24) is 15.0 Å². The summed E-state index contributed by atoms with van der Waals surface area (Å²) in [4.78, 5) is 26.0. The van der Waals surface area contributed by atoms with E-state index >= 15 is 0 Å². The maximum absolute atomic E-state index is 11.2. The fraction of sp³-hybridized carbons (Fsp3) is 0.231. The SMILES string of the molecule is Cc1cnc(CNc2ncnc3sc(C(=O)O)c(C)c23)s1. The van der Waals surface area contributed by atoms with Crippen molar-refractivity contribution in [2.45, 2.75) is 20.4 Å². The quantitative estimate of drug-likeness (QED) is 0.768. The minimum atomic E-state index is -0.933. The molecule has 3 rings (SSSR count). The fourth-order valence-electron chi connectivity index (χ4n) is 2.05. The van der Waals surface area contributed by atoms with Crippen molar-refractivity contribution in [3.63, 3.8) is 0 Å². The lowest BCUT2D eigenvalue weighted by atomic mass is 10.2. The van der Waals surface area contributed by atoms with Crippen LogP contribution in [0.2, 0.25) is 0 Å². The predicted octanol–water partition coefficient (Wildman–Crippen LogP) is 3.07. The van der Waals surface area contributed by atoms with Crippen LogP contribution in [-0.2, 0) is 6.54 Å². The molecule has 0 atom stereocenters. The molecule has 0 bridgehead atoms. The highest BCUT2D eigenvalue weighted by atomic mass is 32.1. The summed E-state index contributed by atoms with van der Waals surface area (Å²) in [6.45, 7) is 4.35. The van der Waals surface area contributed by atoms with Crippen LogP contribution in [0.25, 0.3) is 10.2 Å². The minimum absolute atomic E-state index is 0.304. The summed E-state index contributed by atoms with van der Waals surface area (Å²) in [7, 11) is 0. The summed E-state index contributed by atoms with van der Waals surface area (Å²) >= 11 is 2.79.